The van der Waals surface area contributed by atoms with Gasteiger partial charge in [0, 0.05) is 18.4 Å². The minimum atomic E-state index is -0.193. The first-order chi connectivity index (χ1) is 15.9. The maximum Gasteiger partial charge on any atom is 0.399 e. The molecule has 1 aliphatic rings. The zero-order valence-electron chi connectivity index (χ0n) is 18.8. The van der Waals surface area contributed by atoms with Gasteiger partial charge in [0.05, 0.1) is 0 Å². The highest BCUT2D eigenvalue weighted by molar-refractivity contribution is 5.45. The van der Waals surface area contributed by atoms with Crippen molar-refractivity contribution in [1.82, 2.24) is 15.2 Å². The first-order valence-corrected chi connectivity index (χ1v) is 10.9. The summed E-state index contributed by atoms with van der Waals surface area (Å²) in [5.74, 6) is 2.25. The summed E-state index contributed by atoms with van der Waals surface area (Å²) in [6.07, 6.45) is 3.62. The molecule has 0 amide bonds. The number of benzene rings is 2. The summed E-state index contributed by atoms with van der Waals surface area (Å²) in [5, 5.41) is 7.72. The van der Waals surface area contributed by atoms with Gasteiger partial charge in [-0.25, -0.2) is 0 Å². The minimum absolute atomic E-state index is 0.107. The normalized spacial score (nSPS) is 18.1. The van der Waals surface area contributed by atoms with Crippen molar-refractivity contribution in [2.75, 3.05) is 0 Å². The van der Waals surface area contributed by atoms with Crippen molar-refractivity contribution < 1.29 is 18.3 Å². The monoisotopic (exact) mass is 446 g/mol. The standard InChI is InChI=1S/C25H26N4O4/c1-15-28-29-23(31-15)22-14-30-24(27-22)33-20-10-6-17(7-11-20)25(2,3)16-4-8-19(9-5-16)32-21-12-18(26)13-21/h4-11,14,18,21H,12-13,26H2,1-3H3/t18-,21-. The van der Waals surface area contributed by atoms with E-state index in [1.54, 1.807) is 6.92 Å². The molecule has 170 valence electrons. The third kappa shape index (κ3) is 4.47. The first-order valence-electron chi connectivity index (χ1n) is 10.9. The SMILES string of the molecule is Cc1nnc(-c2coc(Oc3ccc(C(C)(C)c4ccc(O[C@H]5C[C@H](N)C5)cc4)cc3)n2)o1. The average Bonchev–Trinajstić information content (AvgIpc) is 3.42. The van der Waals surface area contributed by atoms with Crippen LogP contribution >= 0.6 is 0 Å². The van der Waals surface area contributed by atoms with Gasteiger partial charge in [0.15, 0.2) is 5.69 Å². The molecule has 0 aliphatic heterocycles. The number of hydrogen-bond acceptors (Lipinski definition) is 8. The lowest BCUT2D eigenvalue weighted by atomic mass is 9.78. The van der Waals surface area contributed by atoms with Gasteiger partial charge in [-0.05, 0) is 48.2 Å². The zero-order valence-corrected chi connectivity index (χ0v) is 18.8. The molecule has 2 aromatic carbocycles. The smallest absolute Gasteiger partial charge is 0.399 e. The van der Waals surface area contributed by atoms with Crippen LogP contribution in [0.3, 0.4) is 0 Å². The van der Waals surface area contributed by atoms with Gasteiger partial charge in [0.2, 0.25) is 5.89 Å². The molecule has 8 nitrogen and oxygen atoms in total. The van der Waals surface area contributed by atoms with Gasteiger partial charge in [-0.15, -0.1) is 10.2 Å². The molecule has 5 rings (SSSR count). The van der Waals surface area contributed by atoms with Crippen LogP contribution in [-0.2, 0) is 5.41 Å². The number of ether oxygens (including phenoxy) is 2. The van der Waals surface area contributed by atoms with Crippen LogP contribution in [0.1, 0.15) is 43.7 Å². The molecule has 0 bridgehead atoms. The minimum Gasteiger partial charge on any atom is -0.490 e. The number of nitrogens with zero attached hydrogens (tertiary/aromatic N) is 3. The predicted octanol–water partition coefficient (Wildman–Crippen LogP) is 5.02. The highest BCUT2D eigenvalue weighted by atomic mass is 16.6. The van der Waals surface area contributed by atoms with Crippen molar-refractivity contribution in [3.05, 3.63) is 71.8 Å². The molecule has 2 aromatic heterocycles. The zero-order chi connectivity index (χ0) is 23.0. The lowest BCUT2D eigenvalue weighted by Crippen LogP contribution is -2.43. The quantitative estimate of drug-likeness (QED) is 0.421. The molecular weight excluding hydrogens is 420 g/mol. The molecule has 2 N–H and O–H groups in total. The Kier molecular flexibility index (Phi) is 5.38. The summed E-state index contributed by atoms with van der Waals surface area (Å²) >= 11 is 0. The van der Waals surface area contributed by atoms with Crippen LogP contribution in [0.5, 0.6) is 17.6 Å². The molecule has 0 spiro atoms. The van der Waals surface area contributed by atoms with Gasteiger partial charge in [-0.1, -0.05) is 38.1 Å². The van der Waals surface area contributed by atoms with E-state index in [9.17, 15) is 0 Å². The number of aromatic nitrogens is 3. The Morgan fingerprint density at radius 2 is 1.58 bits per heavy atom. The Hall–Kier alpha value is -3.65. The highest BCUT2D eigenvalue weighted by Crippen LogP contribution is 2.35. The van der Waals surface area contributed by atoms with E-state index in [0.717, 1.165) is 24.2 Å². The van der Waals surface area contributed by atoms with E-state index >= 15 is 0 Å². The predicted molar refractivity (Wildman–Crippen MR) is 121 cm³/mol. The van der Waals surface area contributed by atoms with Crippen LogP contribution in [0.25, 0.3) is 11.6 Å². The number of hydrogen-bond donors (Lipinski definition) is 1. The van der Waals surface area contributed by atoms with Gasteiger partial charge in [-0.3, -0.25) is 0 Å². The van der Waals surface area contributed by atoms with Gasteiger partial charge < -0.3 is 24.0 Å². The summed E-state index contributed by atoms with van der Waals surface area (Å²) < 4.78 is 22.4. The Morgan fingerprint density at radius 1 is 0.939 bits per heavy atom. The van der Waals surface area contributed by atoms with Crippen LogP contribution in [-0.4, -0.2) is 27.3 Å². The third-order valence-corrected chi connectivity index (χ3v) is 6.02. The van der Waals surface area contributed by atoms with Crippen molar-refractivity contribution in [3.63, 3.8) is 0 Å². The van der Waals surface area contributed by atoms with Crippen LogP contribution in [0.2, 0.25) is 0 Å². The average molecular weight is 447 g/mol. The summed E-state index contributed by atoms with van der Waals surface area (Å²) in [6, 6.07) is 16.5. The van der Waals surface area contributed by atoms with E-state index in [-0.39, 0.29) is 29.5 Å². The van der Waals surface area contributed by atoms with E-state index < -0.39 is 0 Å². The molecule has 8 heteroatoms. The van der Waals surface area contributed by atoms with E-state index in [0.29, 0.717) is 17.3 Å². The van der Waals surface area contributed by atoms with Gasteiger partial charge >= 0.3 is 6.08 Å². The molecule has 33 heavy (non-hydrogen) atoms. The van der Waals surface area contributed by atoms with Gasteiger partial charge in [0.1, 0.15) is 23.9 Å². The molecule has 0 atom stereocenters. The topological polar surface area (TPSA) is 109 Å². The van der Waals surface area contributed by atoms with E-state index in [1.807, 2.05) is 36.4 Å². The maximum atomic E-state index is 5.97. The number of aryl methyl sites for hydroxylation is 1. The fourth-order valence-corrected chi connectivity index (χ4v) is 3.85. The molecule has 0 unspecified atom stereocenters. The molecule has 1 saturated carbocycles. The number of nitrogens with two attached hydrogens (primary N) is 1. The van der Waals surface area contributed by atoms with Crippen molar-refractivity contribution in [1.29, 1.82) is 0 Å². The molecule has 0 saturated heterocycles. The second-order valence-corrected chi connectivity index (χ2v) is 8.87. The fraction of sp³-hybridized carbons (Fsp3) is 0.320. The second kappa shape index (κ2) is 8.37. The molecule has 1 aliphatic carbocycles. The highest BCUT2D eigenvalue weighted by Gasteiger charge is 2.28. The van der Waals surface area contributed by atoms with Gasteiger partial charge in [-0.2, -0.15) is 4.98 Å². The fourth-order valence-electron chi connectivity index (χ4n) is 3.85. The van der Waals surface area contributed by atoms with Crippen molar-refractivity contribution in [2.24, 2.45) is 5.73 Å². The van der Waals surface area contributed by atoms with Crippen molar-refractivity contribution in [2.45, 2.75) is 51.2 Å². The van der Waals surface area contributed by atoms with Crippen LogP contribution in [0.4, 0.5) is 0 Å². The Morgan fingerprint density at radius 3 is 2.15 bits per heavy atom. The first kappa shape index (κ1) is 21.2. The largest absolute Gasteiger partial charge is 0.490 e. The van der Waals surface area contributed by atoms with Crippen LogP contribution in [0.15, 0.2) is 63.6 Å². The Labute approximate surface area is 191 Å². The van der Waals surface area contributed by atoms with E-state index in [1.165, 1.54) is 11.8 Å². The molecule has 1 fully saturated rings. The van der Waals surface area contributed by atoms with Crippen molar-refractivity contribution >= 4 is 0 Å². The Bertz CT molecular complexity index is 1220. The lowest BCUT2D eigenvalue weighted by molar-refractivity contribution is 0.101. The lowest BCUT2D eigenvalue weighted by Gasteiger charge is -2.33. The molecule has 0 radical (unpaired) electrons. The second-order valence-electron chi connectivity index (χ2n) is 8.87. The summed E-state index contributed by atoms with van der Waals surface area (Å²) in [5.41, 5.74) is 8.43. The summed E-state index contributed by atoms with van der Waals surface area (Å²) in [6.45, 7) is 6.09. The van der Waals surface area contributed by atoms with Crippen LogP contribution < -0.4 is 15.2 Å². The summed E-state index contributed by atoms with van der Waals surface area (Å²) in [7, 11) is 0. The maximum absolute atomic E-state index is 5.97. The number of oxazole rings is 1. The summed E-state index contributed by atoms with van der Waals surface area (Å²) in [4.78, 5) is 4.25. The van der Waals surface area contributed by atoms with Crippen LogP contribution in [0, 0.1) is 6.92 Å². The van der Waals surface area contributed by atoms with Gasteiger partial charge in [0.25, 0.3) is 5.89 Å². The Balaban J connectivity index is 1.25. The van der Waals surface area contributed by atoms with Crippen molar-refractivity contribution in [3.8, 4) is 29.2 Å². The van der Waals surface area contributed by atoms with E-state index in [4.69, 9.17) is 24.0 Å². The molecule has 2 heterocycles. The number of rotatable bonds is 7. The third-order valence-electron chi connectivity index (χ3n) is 6.02. The molecule has 4 aromatic rings. The molecular formula is C25H26N4O4. The van der Waals surface area contributed by atoms with E-state index in [2.05, 4.69) is 41.2 Å².